The Morgan fingerprint density at radius 2 is 1.86 bits per heavy atom. The lowest BCUT2D eigenvalue weighted by Crippen LogP contribution is -2.27. The van der Waals surface area contributed by atoms with Crippen LogP contribution in [0.1, 0.15) is 16.7 Å². The van der Waals surface area contributed by atoms with Crippen LogP contribution in [0, 0.1) is 12.7 Å². The molecule has 0 aliphatic heterocycles. The van der Waals surface area contributed by atoms with Gasteiger partial charge in [-0.3, -0.25) is 4.79 Å². The van der Waals surface area contributed by atoms with Gasteiger partial charge in [-0.05, 0) is 24.1 Å². The molecule has 1 N–H and O–H groups in total. The predicted octanol–water partition coefficient (Wildman–Crippen LogP) is 3.73. The summed E-state index contributed by atoms with van der Waals surface area (Å²) in [5.41, 5.74) is 2.91. The van der Waals surface area contributed by atoms with Gasteiger partial charge in [0.05, 0.1) is 6.42 Å². The van der Waals surface area contributed by atoms with E-state index in [0.29, 0.717) is 24.3 Å². The van der Waals surface area contributed by atoms with Gasteiger partial charge in [-0.25, -0.2) is 4.39 Å². The minimum absolute atomic E-state index is 0.0235. The molecule has 0 saturated heterocycles. The number of thioether (sulfide) groups is 1. The second-order valence-corrected chi connectivity index (χ2v) is 6.26. The van der Waals surface area contributed by atoms with E-state index in [1.807, 2.05) is 37.3 Å². The van der Waals surface area contributed by atoms with Gasteiger partial charge in [0.2, 0.25) is 5.91 Å². The van der Waals surface area contributed by atoms with Crippen molar-refractivity contribution in [2.75, 3.05) is 12.3 Å². The van der Waals surface area contributed by atoms with Gasteiger partial charge in [0.15, 0.2) is 0 Å². The molecular weight excluding hydrogens is 297 g/mol. The molecular formula is C18H20FNOS. The molecule has 2 aromatic rings. The number of carbonyl (C=O) groups excluding carboxylic acids is 1. The van der Waals surface area contributed by atoms with Crippen molar-refractivity contribution in [1.29, 1.82) is 0 Å². The Kier molecular flexibility index (Phi) is 6.46. The normalized spacial score (nSPS) is 10.5. The molecule has 0 saturated carbocycles. The molecule has 2 aromatic carbocycles. The van der Waals surface area contributed by atoms with Gasteiger partial charge < -0.3 is 5.32 Å². The first-order chi connectivity index (χ1) is 10.6. The van der Waals surface area contributed by atoms with E-state index in [0.717, 1.165) is 11.3 Å². The molecule has 0 aliphatic carbocycles. The smallest absolute Gasteiger partial charge is 0.224 e. The van der Waals surface area contributed by atoms with Gasteiger partial charge in [-0.1, -0.05) is 48.0 Å². The van der Waals surface area contributed by atoms with Gasteiger partial charge in [-0.2, -0.15) is 11.8 Å². The Hall–Kier alpha value is -1.81. The molecule has 0 unspecified atom stereocenters. The number of benzene rings is 2. The quantitative estimate of drug-likeness (QED) is 0.789. The number of carbonyl (C=O) groups is 1. The number of hydrogen-bond donors (Lipinski definition) is 1. The van der Waals surface area contributed by atoms with Crippen LogP contribution in [0.3, 0.4) is 0 Å². The first-order valence-electron chi connectivity index (χ1n) is 7.28. The van der Waals surface area contributed by atoms with Crippen LogP contribution in [-0.4, -0.2) is 18.2 Å². The maximum atomic E-state index is 13.4. The van der Waals surface area contributed by atoms with Crippen LogP contribution in [0.25, 0.3) is 0 Å². The fraction of sp³-hybridized carbons (Fsp3) is 0.278. The minimum Gasteiger partial charge on any atom is -0.355 e. The second-order valence-electron chi connectivity index (χ2n) is 5.16. The zero-order chi connectivity index (χ0) is 15.8. The summed E-state index contributed by atoms with van der Waals surface area (Å²) in [7, 11) is 0. The molecule has 0 radical (unpaired) electrons. The average Bonchev–Trinajstić information content (AvgIpc) is 2.51. The number of amides is 1. The van der Waals surface area contributed by atoms with Crippen molar-refractivity contribution in [3.05, 3.63) is 71.0 Å². The third-order valence-electron chi connectivity index (χ3n) is 3.27. The summed E-state index contributed by atoms with van der Waals surface area (Å²) in [5.74, 6) is 1.25. The standard InChI is InChI=1S/C18H20FNOS/c1-14-6-8-15(9-7-14)12-18(21)20-10-11-22-13-16-4-2-3-5-17(16)19/h2-9H,10-13H2,1H3,(H,20,21). The first-order valence-corrected chi connectivity index (χ1v) is 8.44. The Morgan fingerprint density at radius 3 is 2.59 bits per heavy atom. The molecule has 0 aliphatic rings. The van der Waals surface area contributed by atoms with Crippen molar-refractivity contribution < 1.29 is 9.18 Å². The molecule has 2 nitrogen and oxygen atoms in total. The Morgan fingerprint density at radius 1 is 1.14 bits per heavy atom. The summed E-state index contributed by atoms with van der Waals surface area (Å²) in [6.45, 7) is 2.63. The SMILES string of the molecule is Cc1ccc(CC(=O)NCCSCc2ccccc2F)cc1. The number of nitrogens with one attached hydrogen (secondary N) is 1. The molecule has 0 aromatic heterocycles. The molecule has 2 rings (SSSR count). The zero-order valence-electron chi connectivity index (χ0n) is 12.6. The summed E-state index contributed by atoms with van der Waals surface area (Å²) >= 11 is 1.62. The fourth-order valence-electron chi connectivity index (χ4n) is 2.01. The molecule has 4 heteroatoms. The number of hydrogen-bond acceptors (Lipinski definition) is 2. The lowest BCUT2D eigenvalue weighted by atomic mass is 10.1. The number of aryl methyl sites for hydroxylation is 1. The zero-order valence-corrected chi connectivity index (χ0v) is 13.5. The van der Waals surface area contributed by atoms with E-state index in [1.165, 1.54) is 11.6 Å². The van der Waals surface area contributed by atoms with Gasteiger partial charge in [0, 0.05) is 18.1 Å². The third-order valence-corrected chi connectivity index (χ3v) is 4.28. The number of halogens is 1. The van der Waals surface area contributed by atoms with Crippen molar-refractivity contribution in [3.8, 4) is 0 Å². The summed E-state index contributed by atoms with van der Waals surface area (Å²) in [6.07, 6.45) is 0.401. The molecule has 0 atom stereocenters. The topological polar surface area (TPSA) is 29.1 Å². The summed E-state index contributed by atoms with van der Waals surface area (Å²) in [6, 6.07) is 14.7. The largest absolute Gasteiger partial charge is 0.355 e. The molecule has 22 heavy (non-hydrogen) atoms. The van der Waals surface area contributed by atoms with E-state index in [4.69, 9.17) is 0 Å². The van der Waals surface area contributed by atoms with E-state index in [-0.39, 0.29) is 11.7 Å². The predicted molar refractivity (Wildman–Crippen MR) is 90.5 cm³/mol. The maximum absolute atomic E-state index is 13.4. The van der Waals surface area contributed by atoms with Crippen molar-refractivity contribution in [2.45, 2.75) is 19.1 Å². The van der Waals surface area contributed by atoms with E-state index < -0.39 is 0 Å². The lowest BCUT2D eigenvalue weighted by Gasteiger charge is -2.06. The monoisotopic (exact) mass is 317 g/mol. The van der Waals surface area contributed by atoms with Crippen LogP contribution < -0.4 is 5.32 Å². The van der Waals surface area contributed by atoms with Gasteiger partial charge in [0.1, 0.15) is 5.82 Å². The minimum atomic E-state index is -0.168. The van der Waals surface area contributed by atoms with Crippen molar-refractivity contribution in [1.82, 2.24) is 5.32 Å². The van der Waals surface area contributed by atoms with Crippen LogP contribution in [-0.2, 0) is 17.0 Å². The summed E-state index contributed by atoms with van der Waals surface area (Å²) < 4.78 is 13.4. The van der Waals surface area contributed by atoms with E-state index in [9.17, 15) is 9.18 Å². The second kappa shape index (κ2) is 8.59. The van der Waals surface area contributed by atoms with Crippen molar-refractivity contribution in [3.63, 3.8) is 0 Å². The van der Waals surface area contributed by atoms with Gasteiger partial charge in [-0.15, -0.1) is 0 Å². The van der Waals surface area contributed by atoms with Crippen molar-refractivity contribution >= 4 is 17.7 Å². The Bertz CT molecular complexity index is 613. The molecule has 1 amide bonds. The molecule has 116 valence electrons. The molecule has 0 heterocycles. The molecule has 0 bridgehead atoms. The average molecular weight is 317 g/mol. The Balaban J connectivity index is 1.63. The fourth-order valence-corrected chi connectivity index (χ4v) is 2.86. The van der Waals surface area contributed by atoms with Crippen LogP contribution in [0.4, 0.5) is 4.39 Å². The van der Waals surface area contributed by atoms with Crippen LogP contribution >= 0.6 is 11.8 Å². The van der Waals surface area contributed by atoms with Gasteiger partial charge >= 0.3 is 0 Å². The van der Waals surface area contributed by atoms with Crippen LogP contribution in [0.2, 0.25) is 0 Å². The summed E-state index contributed by atoms with van der Waals surface area (Å²) in [5, 5.41) is 2.89. The van der Waals surface area contributed by atoms with Crippen LogP contribution in [0.5, 0.6) is 0 Å². The number of rotatable bonds is 7. The third kappa shape index (κ3) is 5.53. The van der Waals surface area contributed by atoms with E-state index >= 15 is 0 Å². The molecule has 0 fully saturated rings. The Labute approximate surface area is 135 Å². The van der Waals surface area contributed by atoms with Crippen molar-refractivity contribution in [2.24, 2.45) is 0 Å². The maximum Gasteiger partial charge on any atom is 0.224 e. The highest BCUT2D eigenvalue weighted by Gasteiger charge is 2.03. The lowest BCUT2D eigenvalue weighted by molar-refractivity contribution is -0.120. The highest BCUT2D eigenvalue weighted by atomic mass is 32.2. The highest BCUT2D eigenvalue weighted by molar-refractivity contribution is 7.98. The molecule has 0 spiro atoms. The highest BCUT2D eigenvalue weighted by Crippen LogP contribution is 2.14. The first kappa shape index (κ1) is 16.6. The van der Waals surface area contributed by atoms with Crippen LogP contribution in [0.15, 0.2) is 48.5 Å². The van der Waals surface area contributed by atoms with E-state index in [1.54, 1.807) is 23.9 Å². The summed E-state index contributed by atoms with van der Waals surface area (Å²) in [4.78, 5) is 11.8. The van der Waals surface area contributed by atoms with E-state index in [2.05, 4.69) is 5.32 Å². The van der Waals surface area contributed by atoms with Gasteiger partial charge in [0.25, 0.3) is 0 Å².